The van der Waals surface area contributed by atoms with Gasteiger partial charge in [-0.1, -0.05) is 32.1 Å². The van der Waals surface area contributed by atoms with Gasteiger partial charge in [-0.05, 0) is 31.2 Å². The van der Waals surface area contributed by atoms with E-state index in [2.05, 4.69) is 5.32 Å². The second kappa shape index (κ2) is 3.78. The van der Waals surface area contributed by atoms with Gasteiger partial charge in [-0.2, -0.15) is 0 Å². The van der Waals surface area contributed by atoms with Crippen LogP contribution in [0.4, 0.5) is 0 Å². The summed E-state index contributed by atoms with van der Waals surface area (Å²) in [6.45, 7) is 2.59. The Balaban J connectivity index is 1.92. The Morgan fingerprint density at radius 3 is 2.00 bits per heavy atom. The van der Waals surface area contributed by atoms with Crippen LogP contribution in [0, 0.1) is 5.41 Å². The van der Waals surface area contributed by atoms with Crippen LogP contribution in [-0.4, -0.2) is 13.1 Å². The van der Waals surface area contributed by atoms with Crippen molar-refractivity contribution < 1.29 is 0 Å². The lowest BCUT2D eigenvalue weighted by molar-refractivity contribution is 0.237. The minimum absolute atomic E-state index is 0.737. The van der Waals surface area contributed by atoms with E-state index in [-0.39, 0.29) is 0 Å². The molecular weight excluding hydrogens is 146 g/mol. The topological polar surface area (TPSA) is 12.0 Å². The van der Waals surface area contributed by atoms with Gasteiger partial charge in [0.05, 0.1) is 0 Å². The summed E-state index contributed by atoms with van der Waals surface area (Å²) >= 11 is 0. The van der Waals surface area contributed by atoms with Gasteiger partial charge in [-0.25, -0.2) is 0 Å². The van der Waals surface area contributed by atoms with E-state index in [1.54, 1.807) is 0 Å². The molecule has 0 atom stereocenters. The van der Waals surface area contributed by atoms with Crippen molar-refractivity contribution in [1.82, 2.24) is 5.32 Å². The molecule has 0 aromatic heterocycles. The minimum Gasteiger partial charge on any atom is -0.316 e. The molecule has 0 aromatic carbocycles. The minimum atomic E-state index is 0.737. The van der Waals surface area contributed by atoms with Crippen molar-refractivity contribution in [3.8, 4) is 0 Å². The molecule has 0 amide bonds. The van der Waals surface area contributed by atoms with Crippen molar-refractivity contribution in [3.63, 3.8) is 0 Å². The maximum atomic E-state index is 3.53. The van der Waals surface area contributed by atoms with Crippen LogP contribution < -0.4 is 5.32 Å². The van der Waals surface area contributed by atoms with Crippen molar-refractivity contribution in [2.45, 2.75) is 51.4 Å². The third kappa shape index (κ3) is 1.82. The van der Waals surface area contributed by atoms with Crippen molar-refractivity contribution in [3.05, 3.63) is 0 Å². The van der Waals surface area contributed by atoms with E-state index >= 15 is 0 Å². The van der Waals surface area contributed by atoms with Crippen molar-refractivity contribution >= 4 is 0 Å². The third-order valence-corrected chi connectivity index (χ3v) is 3.75. The normalized spacial score (nSPS) is 30.0. The smallest absolute Gasteiger partial charge is 0.000829 e. The van der Waals surface area contributed by atoms with E-state index in [1.165, 1.54) is 64.5 Å². The van der Waals surface area contributed by atoms with Gasteiger partial charge >= 0.3 is 0 Å². The quantitative estimate of drug-likeness (QED) is 0.585. The van der Waals surface area contributed by atoms with Gasteiger partial charge in [0.15, 0.2) is 0 Å². The molecule has 2 fully saturated rings. The third-order valence-electron chi connectivity index (χ3n) is 3.75. The van der Waals surface area contributed by atoms with Gasteiger partial charge in [-0.3, -0.25) is 0 Å². The standard InChI is InChI=1S/C11H21N/c1-2-4-6-11(7-5-3-1)8-9-12-10-11/h12H,1-10H2. The zero-order chi connectivity index (χ0) is 8.28. The molecule has 1 spiro atoms. The molecule has 0 radical (unpaired) electrons. The number of hydrogen-bond donors (Lipinski definition) is 1. The lowest BCUT2D eigenvalue weighted by Crippen LogP contribution is -2.24. The SMILES string of the molecule is C1CCCC2(CCC1)CCNC2. The van der Waals surface area contributed by atoms with Crippen LogP contribution in [0.25, 0.3) is 0 Å². The van der Waals surface area contributed by atoms with E-state index in [0.29, 0.717) is 0 Å². The van der Waals surface area contributed by atoms with Gasteiger partial charge in [0.1, 0.15) is 0 Å². The highest BCUT2D eigenvalue weighted by molar-refractivity contribution is 4.88. The Hall–Kier alpha value is -0.0400. The van der Waals surface area contributed by atoms with Gasteiger partial charge in [0.25, 0.3) is 0 Å². The molecular formula is C11H21N. The van der Waals surface area contributed by atoms with Crippen LogP contribution in [0.15, 0.2) is 0 Å². The molecule has 70 valence electrons. The van der Waals surface area contributed by atoms with Crippen molar-refractivity contribution in [2.75, 3.05) is 13.1 Å². The molecule has 1 N–H and O–H groups in total. The average molecular weight is 167 g/mol. The van der Waals surface area contributed by atoms with Gasteiger partial charge < -0.3 is 5.32 Å². The second-order valence-electron chi connectivity index (χ2n) is 4.69. The van der Waals surface area contributed by atoms with Crippen LogP contribution in [0.5, 0.6) is 0 Å². The van der Waals surface area contributed by atoms with Crippen LogP contribution >= 0.6 is 0 Å². The second-order valence-corrected chi connectivity index (χ2v) is 4.69. The molecule has 1 aliphatic heterocycles. The molecule has 1 nitrogen and oxygen atoms in total. The lowest BCUT2D eigenvalue weighted by atomic mass is 9.76. The first-order chi connectivity index (χ1) is 5.91. The Morgan fingerprint density at radius 2 is 1.42 bits per heavy atom. The highest BCUT2D eigenvalue weighted by atomic mass is 14.9. The van der Waals surface area contributed by atoms with E-state index in [0.717, 1.165) is 5.41 Å². The largest absolute Gasteiger partial charge is 0.316 e. The van der Waals surface area contributed by atoms with E-state index in [1.807, 2.05) is 0 Å². The Morgan fingerprint density at radius 1 is 0.750 bits per heavy atom. The maximum absolute atomic E-state index is 3.53. The summed E-state index contributed by atoms with van der Waals surface area (Å²) < 4.78 is 0. The first-order valence-corrected chi connectivity index (χ1v) is 5.62. The maximum Gasteiger partial charge on any atom is 0.000829 e. The Bertz CT molecular complexity index is 126. The summed E-state index contributed by atoms with van der Waals surface area (Å²) in [7, 11) is 0. The predicted molar refractivity (Wildman–Crippen MR) is 52.2 cm³/mol. The van der Waals surface area contributed by atoms with Crippen LogP contribution in [0.3, 0.4) is 0 Å². The Kier molecular flexibility index (Phi) is 2.69. The summed E-state index contributed by atoms with van der Waals surface area (Å²) in [5.74, 6) is 0. The molecule has 1 saturated heterocycles. The molecule has 1 saturated carbocycles. The average Bonchev–Trinajstić information content (AvgIpc) is 2.47. The lowest BCUT2D eigenvalue weighted by Gasteiger charge is -2.30. The monoisotopic (exact) mass is 167 g/mol. The van der Waals surface area contributed by atoms with Crippen molar-refractivity contribution in [1.29, 1.82) is 0 Å². The highest BCUT2D eigenvalue weighted by Gasteiger charge is 2.32. The van der Waals surface area contributed by atoms with E-state index in [4.69, 9.17) is 0 Å². The molecule has 0 aromatic rings. The van der Waals surface area contributed by atoms with Gasteiger partial charge in [0, 0.05) is 6.54 Å². The fourth-order valence-electron chi connectivity index (χ4n) is 2.88. The van der Waals surface area contributed by atoms with E-state index in [9.17, 15) is 0 Å². The molecule has 1 aliphatic carbocycles. The van der Waals surface area contributed by atoms with Crippen LogP contribution in [-0.2, 0) is 0 Å². The summed E-state index contributed by atoms with van der Waals surface area (Å²) in [6.07, 6.45) is 11.9. The summed E-state index contributed by atoms with van der Waals surface area (Å²) in [4.78, 5) is 0. The fraction of sp³-hybridized carbons (Fsp3) is 1.00. The highest BCUT2D eigenvalue weighted by Crippen LogP contribution is 2.38. The Labute approximate surface area is 75.9 Å². The number of hydrogen-bond acceptors (Lipinski definition) is 1. The first-order valence-electron chi connectivity index (χ1n) is 5.62. The number of rotatable bonds is 0. The molecule has 0 unspecified atom stereocenters. The predicted octanol–water partition coefficient (Wildman–Crippen LogP) is 2.71. The molecule has 1 heterocycles. The fourth-order valence-corrected chi connectivity index (χ4v) is 2.88. The molecule has 2 aliphatic rings. The summed E-state index contributed by atoms with van der Waals surface area (Å²) in [6, 6.07) is 0. The molecule has 2 rings (SSSR count). The summed E-state index contributed by atoms with van der Waals surface area (Å²) in [5, 5.41) is 3.53. The molecule has 1 heteroatoms. The zero-order valence-electron chi connectivity index (χ0n) is 8.07. The molecule has 0 bridgehead atoms. The van der Waals surface area contributed by atoms with E-state index < -0.39 is 0 Å². The zero-order valence-corrected chi connectivity index (χ0v) is 8.07. The first kappa shape index (κ1) is 8.55. The van der Waals surface area contributed by atoms with Crippen LogP contribution in [0.2, 0.25) is 0 Å². The summed E-state index contributed by atoms with van der Waals surface area (Å²) in [5.41, 5.74) is 0.737. The molecule has 12 heavy (non-hydrogen) atoms. The van der Waals surface area contributed by atoms with Gasteiger partial charge in [0.2, 0.25) is 0 Å². The number of nitrogens with one attached hydrogen (secondary N) is 1. The van der Waals surface area contributed by atoms with Gasteiger partial charge in [-0.15, -0.1) is 0 Å². The van der Waals surface area contributed by atoms with Crippen molar-refractivity contribution in [2.24, 2.45) is 5.41 Å². The van der Waals surface area contributed by atoms with Crippen LogP contribution in [0.1, 0.15) is 51.4 Å².